The van der Waals surface area contributed by atoms with Gasteiger partial charge in [-0.3, -0.25) is 0 Å². The largest absolute Gasteiger partial charge is 0.493 e. The Morgan fingerprint density at radius 2 is 2.07 bits per heavy atom. The lowest BCUT2D eigenvalue weighted by molar-refractivity contribution is 0.0871. The fraction of sp³-hybridized carbons (Fsp3) is 0.458. The molecular formula is C24H28N2O2. The van der Waals surface area contributed by atoms with E-state index >= 15 is 0 Å². The summed E-state index contributed by atoms with van der Waals surface area (Å²) in [7, 11) is 0. The van der Waals surface area contributed by atoms with E-state index in [9.17, 15) is 0 Å². The topological polar surface area (TPSA) is 56.8 Å². The summed E-state index contributed by atoms with van der Waals surface area (Å²) in [6, 6.07) is 6.86. The molecule has 2 aliphatic carbocycles. The molecule has 2 heterocycles. The minimum Gasteiger partial charge on any atom is -0.493 e. The van der Waals surface area contributed by atoms with Crippen molar-refractivity contribution < 1.29 is 9.47 Å². The third-order valence-corrected chi connectivity index (χ3v) is 6.78. The minimum atomic E-state index is -0.397. The van der Waals surface area contributed by atoms with Crippen LogP contribution in [0.5, 0.6) is 5.75 Å². The molecule has 28 heavy (non-hydrogen) atoms. The molecule has 0 radical (unpaired) electrons. The molecular weight excluding hydrogens is 348 g/mol. The number of fused-ring (bicyclic) bond motifs is 3. The average Bonchev–Trinajstić information content (AvgIpc) is 3.37. The zero-order valence-electron chi connectivity index (χ0n) is 16.7. The van der Waals surface area contributed by atoms with E-state index in [-0.39, 0.29) is 5.41 Å². The Hall–Kier alpha value is -2.49. The second kappa shape index (κ2) is 6.26. The van der Waals surface area contributed by atoms with Gasteiger partial charge in [-0.15, -0.1) is 0 Å². The van der Waals surface area contributed by atoms with Gasteiger partial charge in [0.05, 0.1) is 6.61 Å². The van der Waals surface area contributed by atoms with Crippen molar-refractivity contribution >= 4 is 11.6 Å². The van der Waals surface area contributed by atoms with E-state index in [4.69, 9.17) is 20.2 Å². The van der Waals surface area contributed by atoms with Gasteiger partial charge in [0.15, 0.2) is 0 Å². The van der Waals surface area contributed by atoms with Crippen LogP contribution in [-0.4, -0.2) is 19.2 Å². The number of amidine groups is 1. The fourth-order valence-corrected chi connectivity index (χ4v) is 4.83. The van der Waals surface area contributed by atoms with Gasteiger partial charge in [0.1, 0.15) is 17.9 Å². The van der Waals surface area contributed by atoms with Crippen LogP contribution in [0.3, 0.4) is 0 Å². The first-order chi connectivity index (χ1) is 13.6. The fourth-order valence-electron chi connectivity index (χ4n) is 4.83. The van der Waals surface area contributed by atoms with Crippen LogP contribution >= 0.6 is 0 Å². The van der Waals surface area contributed by atoms with Gasteiger partial charge < -0.3 is 15.2 Å². The van der Waals surface area contributed by atoms with Crippen LogP contribution in [0.1, 0.15) is 50.7 Å². The highest BCUT2D eigenvalue weighted by molar-refractivity contribution is 5.78. The third kappa shape index (κ3) is 2.61. The van der Waals surface area contributed by atoms with E-state index < -0.39 is 5.54 Å². The molecule has 1 fully saturated rings. The van der Waals surface area contributed by atoms with Crippen LogP contribution < -0.4 is 10.5 Å². The van der Waals surface area contributed by atoms with Crippen LogP contribution in [0.4, 0.5) is 0 Å². The van der Waals surface area contributed by atoms with E-state index in [1.54, 1.807) is 0 Å². The van der Waals surface area contributed by atoms with Crippen LogP contribution in [0.2, 0.25) is 0 Å². The predicted molar refractivity (Wildman–Crippen MR) is 112 cm³/mol. The first-order valence-corrected chi connectivity index (χ1v) is 10.4. The standard InChI is InChI=1S/C24H28N2O2/c1-3-17-6-4-5-16(2)11-19(12-17)18-7-8-21-20(13-18)24(15-28-22(25)26-24)23(9-10-23)14-27-21/h4,6-8,11-13,16H,3,5,9-10,14-15H2,1-2H3,(H2,25,26). The summed E-state index contributed by atoms with van der Waals surface area (Å²) in [5, 5.41) is 0. The molecule has 1 aromatic rings. The van der Waals surface area contributed by atoms with E-state index in [0.717, 1.165) is 37.0 Å². The number of nitrogens with zero attached hydrogens (tertiary/aromatic N) is 1. The zero-order valence-corrected chi connectivity index (χ0v) is 16.7. The first kappa shape index (κ1) is 17.6. The first-order valence-electron chi connectivity index (χ1n) is 10.4. The molecule has 2 N–H and O–H groups in total. The lowest BCUT2D eigenvalue weighted by atomic mass is 9.74. The molecule has 4 aliphatic rings. The number of allylic oxidation sites excluding steroid dienone is 6. The van der Waals surface area contributed by atoms with E-state index in [2.05, 4.69) is 56.4 Å². The van der Waals surface area contributed by atoms with Gasteiger partial charge >= 0.3 is 0 Å². The van der Waals surface area contributed by atoms with Crippen molar-refractivity contribution in [2.24, 2.45) is 22.1 Å². The quantitative estimate of drug-likeness (QED) is 0.813. The Balaban J connectivity index is 1.64. The summed E-state index contributed by atoms with van der Waals surface area (Å²) in [6.45, 7) is 5.70. The second-order valence-electron chi connectivity index (χ2n) is 8.69. The molecule has 0 bridgehead atoms. The third-order valence-electron chi connectivity index (χ3n) is 6.78. The van der Waals surface area contributed by atoms with Crippen molar-refractivity contribution in [3.63, 3.8) is 0 Å². The maximum absolute atomic E-state index is 6.16. The number of hydrogen-bond acceptors (Lipinski definition) is 4. The predicted octanol–water partition coefficient (Wildman–Crippen LogP) is 4.72. The van der Waals surface area contributed by atoms with Crippen molar-refractivity contribution in [3.8, 4) is 5.75 Å². The van der Waals surface area contributed by atoms with Gasteiger partial charge in [0.2, 0.25) is 0 Å². The molecule has 1 saturated carbocycles. The van der Waals surface area contributed by atoms with Crippen molar-refractivity contribution in [1.29, 1.82) is 0 Å². The van der Waals surface area contributed by atoms with Gasteiger partial charge in [-0.05, 0) is 60.4 Å². The molecule has 2 atom stereocenters. The highest BCUT2D eigenvalue weighted by Gasteiger charge is 2.66. The van der Waals surface area contributed by atoms with E-state index in [1.165, 1.54) is 16.7 Å². The second-order valence-corrected chi connectivity index (χ2v) is 8.69. The van der Waals surface area contributed by atoms with Gasteiger partial charge in [0.25, 0.3) is 6.02 Å². The Labute approximate surface area is 166 Å². The molecule has 1 aromatic carbocycles. The summed E-state index contributed by atoms with van der Waals surface area (Å²) in [4.78, 5) is 4.85. The van der Waals surface area contributed by atoms with Gasteiger partial charge in [-0.2, -0.15) is 0 Å². The van der Waals surface area contributed by atoms with Crippen LogP contribution in [0.15, 0.2) is 53.1 Å². The highest BCUT2D eigenvalue weighted by Crippen LogP contribution is 2.65. The lowest BCUT2D eigenvalue weighted by Crippen LogP contribution is -2.44. The van der Waals surface area contributed by atoms with Gasteiger partial charge in [-0.25, -0.2) is 4.99 Å². The van der Waals surface area contributed by atoms with Crippen molar-refractivity contribution in [3.05, 3.63) is 59.2 Å². The molecule has 0 amide bonds. The smallest absolute Gasteiger partial charge is 0.283 e. The molecule has 2 spiro atoms. The summed E-state index contributed by atoms with van der Waals surface area (Å²) < 4.78 is 11.9. The zero-order chi connectivity index (χ0) is 19.4. The normalized spacial score (nSPS) is 29.8. The minimum absolute atomic E-state index is 0.0372. The molecule has 2 unspecified atom stereocenters. The van der Waals surface area contributed by atoms with Crippen molar-refractivity contribution in [1.82, 2.24) is 0 Å². The molecule has 0 aromatic heterocycles. The summed E-state index contributed by atoms with van der Waals surface area (Å²) in [5.74, 6) is 1.42. The molecule has 4 heteroatoms. The molecule has 146 valence electrons. The van der Waals surface area contributed by atoms with Crippen LogP contribution in [-0.2, 0) is 10.3 Å². The highest BCUT2D eigenvalue weighted by atomic mass is 16.5. The molecule has 5 rings (SSSR count). The van der Waals surface area contributed by atoms with E-state index in [0.29, 0.717) is 25.2 Å². The maximum Gasteiger partial charge on any atom is 0.283 e. The SMILES string of the molecule is CCC1=CC(c2ccc3c(c2)C2(COC(N)=N2)C2(CC2)CO3)=CC(C)CC=C1. The number of hydrogen-bond donors (Lipinski definition) is 1. The van der Waals surface area contributed by atoms with Crippen LogP contribution in [0, 0.1) is 11.3 Å². The number of benzene rings is 1. The van der Waals surface area contributed by atoms with Crippen LogP contribution in [0.25, 0.3) is 5.57 Å². The van der Waals surface area contributed by atoms with Gasteiger partial charge in [-0.1, -0.05) is 44.2 Å². The molecule has 4 nitrogen and oxygen atoms in total. The molecule has 2 aliphatic heterocycles. The number of nitrogens with two attached hydrogens (primary N) is 1. The number of ether oxygens (including phenoxy) is 2. The lowest BCUT2D eigenvalue weighted by Gasteiger charge is -2.39. The Kier molecular flexibility index (Phi) is 3.94. The Morgan fingerprint density at radius 1 is 1.21 bits per heavy atom. The van der Waals surface area contributed by atoms with Crippen molar-refractivity contribution in [2.75, 3.05) is 13.2 Å². The Morgan fingerprint density at radius 3 is 2.79 bits per heavy atom. The van der Waals surface area contributed by atoms with Crippen molar-refractivity contribution in [2.45, 2.75) is 45.1 Å². The Bertz CT molecular complexity index is 936. The van der Waals surface area contributed by atoms with Gasteiger partial charge in [0, 0.05) is 11.0 Å². The van der Waals surface area contributed by atoms with E-state index in [1.807, 2.05) is 0 Å². The summed E-state index contributed by atoms with van der Waals surface area (Å²) in [6.07, 6.45) is 13.6. The molecule has 0 saturated heterocycles. The maximum atomic E-state index is 6.16. The summed E-state index contributed by atoms with van der Waals surface area (Å²) in [5.41, 5.74) is 10.6. The summed E-state index contributed by atoms with van der Waals surface area (Å²) >= 11 is 0. The number of rotatable bonds is 2. The number of aliphatic imine (C=N–C) groups is 1. The average molecular weight is 377 g/mol. The monoisotopic (exact) mass is 376 g/mol.